The summed E-state index contributed by atoms with van der Waals surface area (Å²) in [7, 11) is 3.80. The number of alkyl halides is 1. The van der Waals surface area contributed by atoms with Gasteiger partial charge in [-0.25, -0.2) is 0 Å². The van der Waals surface area contributed by atoms with Gasteiger partial charge in [0, 0.05) is 37.6 Å². The van der Waals surface area contributed by atoms with E-state index in [0.717, 1.165) is 30.1 Å². The minimum Gasteiger partial charge on any atom is -0.383 e. The molecule has 1 atom stereocenters. The van der Waals surface area contributed by atoms with Crippen LogP contribution in [0, 0.1) is 12.8 Å². The summed E-state index contributed by atoms with van der Waals surface area (Å²) in [4.78, 5) is 2.47. The fourth-order valence-electron chi connectivity index (χ4n) is 2.73. The Kier molecular flexibility index (Phi) is 4.90. The van der Waals surface area contributed by atoms with Gasteiger partial charge in [0.15, 0.2) is 0 Å². The summed E-state index contributed by atoms with van der Waals surface area (Å²) in [6.45, 7) is 6.08. The molecule has 1 aliphatic rings. The molecule has 0 aliphatic heterocycles. The van der Waals surface area contributed by atoms with E-state index in [9.17, 15) is 0 Å². The summed E-state index contributed by atoms with van der Waals surface area (Å²) in [6, 6.07) is 0.558. The molecular weight excluding hydrogens is 306 g/mol. The lowest BCUT2D eigenvalue weighted by Gasteiger charge is -2.32. The molecule has 108 valence electrons. The van der Waals surface area contributed by atoms with Crippen molar-refractivity contribution < 1.29 is 4.74 Å². The average molecular weight is 330 g/mol. The number of halogens is 1. The smallest absolute Gasteiger partial charge is 0.131 e. The third-order valence-corrected chi connectivity index (χ3v) is 4.61. The quantitative estimate of drug-likeness (QED) is 0.720. The summed E-state index contributed by atoms with van der Waals surface area (Å²) in [5.74, 6) is 2.07. The van der Waals surface area contributed by atoms with E-state index in [1.165, 1.54) is 24.2 Å². The van der Waals surface area contributed by atoms with E-state index < -0.39 is 0 Å². The van der Waals surface area contributed by atoms with Crippen molar-refractivity contribution in [3.05, 3.63) is 11.3 Å². The molecule has 0 radical (unpaired) electrons. The molecule has 5 heteroatoms. The van der Waals surface area contributed by atoms with Gasteiger partial charge in [-0.15, -0.1) is 0 Å². The average Bonchev–Trinajstić information content (AvgIpc) is 3.17. The Balaban J connectivity index is 2.30. The molecule has 0 N–H and O–H groups in total. The highest BCUT2D eigenvalue weighted by Gasteiger charge is 2.34. The lowest BCUT2D eigenvalue weighted by Crippen LogP contribution is -2.39. The third kappa shape index (κ3) is 3.14. The normalized spacial score (nSPS) is 16.7. The van der Waals surface area contributed by atoms with Crippen molar-refractivity contribution >= 4 is 21.7 Å². The number of nitrogens with zero attached hydrogens (tertiary/aromatic N) is 3. The van der Waals surface area contributed by atoms with Crippen LogP contribution in [0.4, 0.5) is 5.82 Å². The topological polar surface area (TPSA) is 30.3 Å². The largest absolute Gasteiger partial charge is 0.383 e. The van der Waals surface area contributed by atoms with Gasteiger partial charge in [-0.1, -0.05) is 15.9 Å². The monoisotopic (exact) mass is 329 g/mol. The highest BCUT2D eigenvalue weighted by Crippen LogP contribution is 2.38. The second-order valence-electron chi connectivity index (χ2n) is 5.41. The summed E-state index contributed by atoms with van der Waals surface area (Å²) >= 11 is 3.60. The van der Waals surface area contributed by atoms with Crippen molar-refractivity contribution in [2.75, 3.05) is 25.2 Å². The lowest BCUT2D eigenvalue weighted by atomic mass is 10.1. The third-order valence-electron chi connectivity index (χ3n) is 4.05. The molecular formula is C14H24BrN3O. The Morgan fingerprint density at radius 1 is 1.53 bits per heavy atom. The summed E-state index contributed by atoms with van der Waals surface area (Å²) in [6.07, 6.45) is 2.70. The van der Waals surface area contributed by atoms with Gasteiger partial charge in [0.2, 0.25) is 0 Å². The SMILES string of the molecule is COCCN(c1c(CBr)c(C)nn1C)C(C)C1CC1. The molecule has 0 aromatic carbocycles. The number of anilines is 1. The van der Waals surface area contributed by atoms with E-state index in [0.29, 0.717) is 6.04 Å². The van der Waals surface area contributed by atoms with Crippen LogP contribution >= 0.6 is 15.9 Å². The van der Waals surface area contributed by atoms with Crippen molar-refractivity contribution in [3.8, 4) is 0 Å². The Bertz CT molecular complexity index is 429. The molecule has 1 aromatic heterocycles. The minimum absolute atomic E-state index is 0.558. The molecule has 1 unspecified atom stereocenters. The highest BCUT2D eigenvalue weighted by molar-refractivity contribution is 9.08. The minimum atomic E-state index is 0.558. The van der Waals surface area contributed by atoms with Crippen molar-refractivity contribution in [1.29, 1.82) is 0 Å². The Morgan fingerprint density at radius 3 is 2.74 bits per heavy atom. The summed E-state index contributed by atoms with van der Waals surface area (Å²) < 4.78 is 7.30. The predicted octanol–water partition coefficient (Wildman–Crippen LogP) is 2.87. The first-order chi connectivity index (χ1) is 9.10. The summed E-state index contributed by atoms with van der Waals surface area (Å²) in [5.41, 5.74) is 2.41. The van der Waals surface area contributed by atoms with Crippen molar-refractivity contribution in [1.82, 2.24) is 9.78 Å². The first kappa shape index (κ1) is 14.9. The van der Waals surface area contributed by atoms with E-state index in [-0.39, 0.29) is 0 Å². The molecule has 2 rings (SSSR count). The van der Waals surface area contributed by atoms with Gasteiger partial charge >= 0.3 is 0 Å². The van der Waals surface area contributed by atoms with Crippen LogP contribution in [0.2, 0.25) is 0 Å². The molecule has 19 heavy (non-hydrogen) atoms. The number of rotatable bonds is 7. The van der Waals surface area contributed by atoms with E-state index in [2.05, 4.69) is 39.8 Å². The van der Waals surface area contributed by atoms with Gasteiger partial charge in [0.25, 0.3) is 0 Å². The Hall–Kier alpha value is -0.550. The van der Waals surface area contributed by atoms with Crippen molar-refractivity contribution in [2.24, 2.45) is 13.0 Å². The highest BCUT2D eigenvalue weighted by atomic mass is 79.9. The number of hydrogen-bond donors (Lipinski definition) is 0. The Morgan fingerprint density at radius 2 is 2.21 bits per heavy atom. The first-order valence-corrected chi connectivity index (χ1v) is 8.06. The fourth-order valence-corrected chi connectivity index (χ4v) is 3.39. The summed E-state index contributed by atoms with van der Waals surface area (Å²) in [5, 5.41) is 5.43. The van der Waals surface area contributed by atoms with Crippen LogP contribution in [0.25, 0.3) is 0 Å². The molecule has 1 fully saturated rings. The van der Waals surface area contributed by atoms with Gasteiger partial charge in [0.05, 0.1) is 12.3 Å². The second kappa shape index (κ2) is 6.27. The van der Waals surface area contributed by atoms with Gasteiger partial charge in [-0.3, -0.25) is 4.68 Å². The number of aryl methyl sites for hydroxylation is 2. The fraction of sp³-hybridized carbons (Fsp3) is 0.786. The van der Waals surface area contributed by atoms with E-state index in [1.807, 2.05) is 11.7 Å². The molecule has 4 nitrogen and oxygen atoms in total. The van der Waals surface area contributed by atoms with Crippen LogP contribution in [-0.2, 0) is 17.1 Å². The van der Waals surface area contributed by atoms with Crippen LogP contribution in [0.1, 0.15) is 31.0 Å². The van der Waals surface area contributed by atoms with Crippen LogP contribution in [0.3, 0.4) is 0 Å². The number of hydrogen-bond acceptors (Lipinski definition) is 3. The van der Waals surface area contributed by atoms with Crippen LogP contribution in [-0.4, -0.2) is 36.1 Å². The molecule has 0 bridgehead atoms. The second-order valence-corrected chi connectivity index (χ2v) is 5.97. The lowest BCUT2D eigenvalue weighted by molar-refractivity contribution is 0.202. The van der Waals surface area contributed by atoms with Crippen molar-refractivity contribution in [3.63, 3.8) is 0 Å². The van der Waals surface area contributed by atoms with Gasteiger partial charge in [-0.05, 0) is 32.6 Å². The first-order valence-electron chi connectivity index (χ1n) is 6.94. The molecule has 0 spiro atoms. The van der Waals surface area contributed by atoms with Gasteiger partial charge < -0.3 is 9.64 Å². The number of methoxy groups -OCH3 is 1. The number of ether oxygens (including phenoxy) is 1. The molecule has 1 aromatic rings. The maximum absolute atomic E-state index is 5.28. The van der Waals surface area contributed by atoms with E-state index in [4.69, 9.17) is 4.74 Å². The molecule has 0 saturated heterocycles. The maximum Gasteiger partial charge on any atom is 0.131 e. The van der Waals surface area contributed by atoms with Crippen molar-refractivity contribution in [2.45, 2.75) is 38.1 Å². The molecule has 0 amide bonds. The van der Waals surface area contributed by atoms with Crippen LogP contribution in [0.5, 0.6) is 0 Å². The Labute approximate surface area is 124 Å². The molecule has 1 heterocycles. The zero-order chi connectivity index (χ0) is 14.0. The number of aromatic nitrogens is 2. The van der Waals surface area contributed by atoms with E-state index in [1.54, 1.807) is 7.11 Å². The zero-order valence-electron chi connectivity index (χ0n) is 12.3. The van der Waals surface area contributed by atoms with E-state index >= 15 is 0 Å². The molecule has 1 saturated carbocycles. The van der Waals surface area contributed by atoms with Gasteiger partial charge in [-0.2, -0.15) is 5.10 Å². The standard InChI is InChI=1S/C14H24BrN3O/c1-10-13(9-15)14(17(3)16-10)18(7-8-19-4)11(2)12-5-6-12/h11-12H,5-9H2,1-4H3. The maximum atomic E-state index is 5.28. The van der Waals surface area contributed by atoms with Crippen LogP contribution < -0.4 is 4.90 Å². The van der Waals surface area contributed by atoms with Crippen LogP contribution in [0.15, 0.2) is 0 Å². The molecule has 1 aliphatic carbocycles. The van der Waals surface area contributed by atoms with Gasteiger partial charge in [0.1, 0.15) is 5.82 Å². The predicted molar refractivity (Wildman–Crippen MR) is 82.0 cm³/mol. The zero-order valence-corrected chi connectivity index (χ0v) is 13.9.